The summed E-state index contributed by atoms with van der Waals surface area (Å²) in [5.74, 6) is 0.473. The average Bonchev–Trinajstić information content (AvgIpc) is 2.28. The van der Waals surface area contributed by atoms with Crippen molar-refractivity contribution in [2.45, 2.75) is 25.8 Å². The highest BCUT2D eigenvalue weighted by Gasteiger charge is 2.44. The van der Waals surface area contributed by atoms with Crippen molar-refractivity contribution >= 4 is 5.91 Å². The molecule has 74 valence electrons. The summed E-state index contributed by atoms with van der Waals surface area (Å²) in [4.78, 5) is 13.4. The van der Waals surface area contributed by atoms with Gasteiger partial charge in [-0.05, 0) is 20.4 Å². The van der Waals surface area contributed by atoms with Gasteiger partial charge in [0, 0.05) is 24.4 Å². The second-order valence-electron chi connectivity index (χ2n) is 4.08. The Kier molecular flexibility index (Phi) is 2.76. The van der Waals surface area contributed by atoms with Crippen molar-refractivity contribution in [2.24, 2.45) is 11.7 Å². The van der Waals surface area contributed by atoms with Gasteiger partial charge in [-0.25, -0.2) is 0 Å². The van der Waals surface area contributed by atoms with E-state index in [9.17, 15) is 4.79 Å². The van der Waals surface area contributed by atoms with Crippen molar-refractivity contribution in [1.82, 2.24) is 4.90 Å². The SMILES string of the molecule is C=CCN1C(=O)CC(CN)C1(C)C. The minimum Gasteiger partial charge on any atom is -0.334 e. The standard InChI is InChI=1S/C10H18N2O/c1-4-5-12-9(13)6-8(7-11)10(12,2)3/h4,8H,1,5-7,11H2,2-3H3. The molecule has 0 spiro atoms. The van der Waals surface area contributed by atoms with E-state index in [1.807, 2.05) is 4.90 Å². The molecule has 1 unspecified atom stereocenters. The first-order valence-corrected chi connectivity index (χ1v) is 4.65. The van der Waals surface area contributed by atoms with Crippen LogP contribution in [0.15, 0.2) is 12.7 Å². The van der Waals surface area contributed by atoms with Gasteiger partial charge in [-0.2, -0.15) is 0 Å². The van der Waals surface area contributed by atoms with Crippen LogP contribution in [0.2, 0.25) is 0 Å². The van der Waals surface area contributed by atoms with Gasteiger partial charge in [-0.15, -0.1) is 6.58 Å². The third kappa shape index (κ3) is 1.61. The molecule has 1 saturated heterocycles. The average molecular weight is 182 g/mol. The summed E-state index contributed by atoms with van der Waals surface area (Å²) in [6, 6.07) is 0. The third-order valence-electron chi connectivity index (χ3n) is 3.01. The normalized spacial score (nSPS) is 26.5. The highest BCUT2D eigenvalue weighted by Crippen LogP contribution is 2.34. The van der Waals surface area contributed by atoms with E-state index in [2.05, 4.69) is 20.4 Å². The molecule has 3 nitrogen and oxygen atoms in total. The lowest BCUT2D eigenvalue weighted by Crippen LogP contribution is -2.45. The number of carbonyl (C=O) groups is 1. The predicted molar refractivity (Wildman–Crippen MR) is 53.2 cm³/mol. The lowest BCUT2D eigenvalue weighted by Gasteiger charge is -2.34. The number of hydrogen-bond acceptors (Lipinski definition) is 2. The number of nitrogens with two attached hydrogens (primary N) is 1. The number of nitrogens with zero attached hydrogens (tertiary/aromatic N) is 1. The van der Waals surface area contributed by atoms with Crippen molar-refractivity contribution in [2.75, 3.05) is 13.1 Å². The lowest BCUT2D eigenvalue weighted by molar-refractivity contribution is -0.129. The molecule has 1 aliphatic rings. The van der Waals surface area contributed by atoms with Crippen LogP contribution in [0, 0.1) is 5.92 Å². The van der Waals surface area contributed by atoms with Crippen LogP contribution in [0.1, 0.15) is 20.3 Å². The molecule has 1 atom stereocenters. The fourth-order valence-corrected chi connectivity index (χ4v) is 1.95. The van der Waals surface area contributed by atoms with Crippen molar-refractivity contribution in [3.05, 3.63) is 12.7 Å². The molecule has 0 aliphatic carbocycles. The van der Waals surface area contributed by atoms with E-state index in [0.29, 0.717) is 19.5 Å². The van der Waals surface area contributed by atoms with E-state index in [1.165, 1.54) is 0 Å². The highest BCUT2D eigenvalue weighted by atomic mass is 16.2. The van der Waals surface area contributed by atoms with Crippen LogP contribution in [0.5, 0.6) is 0 Å². The third-order valence-corrected chi connectivity index (χ3v) is 3.01. The molecule has 2 N–H and O–H groups in total. The molecule has 0 bridgehead atoms. The first kappa shape index (κ1) is 10.3. The maximum absolute atomic E-state index is 11.6. The fourth-order valence-electron chi connectivity index (χ4n) is 1.95. The van der Waals surface area contributed by atoms with Gasteiger partial charge in [0.15, 0.2) is 0 Å². The summed E-state index contributed by atoms with van der Waals surface area (Å²) in [5.41, 5.74) is 5.51. The number of likely N-dealkylation sites (tertiary alicyclic amines) is 1. The Bertz CT molecular complexity index is 223. The van der Waals surface area contributed by atoms with Crippen molar-refractivity contribution in [3.8, 4) is 0 Å². The Morgan fingerprint density at radius 1 is 1.77 bits per heavy atom. The molecule has 0 saturated carbocycles. The van der Waals surface area contributed by atoms with Crippen LogP contribution in [0.4, 0.5) is 0 Å². The molecule has 0 radical (unpaired) electrons. The molecule has 0 aromatic heterocycles. The topological polar surface area (TPSA) is 46.3 Å². The predicted octanol–water partition coefficient (Wildman–Crippen LogP) is 0.758. The van der Waals surface area contributed by atoms with Gasteiger partial charge >= 0.3 is 0 Å². The smallest absolute Gasteiger partial charge is 0.223 e. The van der Waals surface area contributed by atoms with E-state index in [0.717, 1.165) is 0 Å². The van der Waals surface area contributed by atoms with Gasteiger partial charge in [-0.1, -0.05) is 6.08 Å². The second kappa shape index (κ2) is 3.50. The molecule has 1 amide bonds. The van der Waals surface area contributed by atoms with Crippen molar-refractivity contribution < 1.29 is 4.79 Å². The van der Waals surface area contributed by atoms with Gasteiger partial charge in [0.05, 0.1) is 0 Å². The number of rotatable bonds is 3. The Labute approximate surface area is 79.6 Å². The van der Waals surface area contributed by atoms with E-state index in [-0.39, 0.29) is 17.4 Å². The van der Waals surface area contributed by atoms with Gasteiger partial charge < -0.3 is 10.6 Å². The van der Waals surface area contributed by atoms with Gasteiger partial charge in [-0.3, -0.25) is 4.79 Å². The summed E-state index contributed by atoms with van der Waals surface area (Å²) in [7, 11) is 0. The number of amides is 1. The number of hydrogen-bond donors (Lipinski definition) is 1. The highest BCUT2D eigenvalue weighted by molar-refractivity contribution is 5.80. The van der Waals surface area contributed by atoms with Gasteiger partial charge in [0.1, 0.15) is 0 Å². The molecule has 13 heavy (non-hydrogen) atoms. The van der Waals surface area contributed by atoms with Gasteiger partial charge in [0.25, 0.3) is 0 Å². The monoisotopic (exact) mass is 182 g/mol. The molecular formula is C10H18N2O. The lowest BCUT2D eigenvalue weighted by atomic mass is 9.88. The second-order valence-corrected chi connectivity index (χ2v) is 4.08. The van der Waals surface area contributed by atoms with E-state index >= 15 is 0 Å². The minimum atomic E-state index is -0.111. The first-order chi connectivity index (χ1) is 6.04. The maximum Gasteiger partial charge on any atom is 0.223 e. The summed E-state index contributed by atoms with van der Waals surface area (Å²) < 4.78 is 0. The Hall–Kier alpha value is -0.830. The van der Waals surface area contributed by atoms with Gasteiger partial charge in [0.2, 0.25) is 5.91 Å². The fraction of sp³-hybridized carbons (Fsp3) is 0.700. The van der Waals surface area contributed by atoms with Crippen LogP contribution in [-0.2, 0) is 4.79 Å². The minimum absolute atomic E-state index is 0.111. The van der Waals surface area contributed by atoms with E-state index < -0.39 is 0 Å². The Morgan fingerprint density at radius 3 is 2.77 bits per heavy atom. The largest absolute Gasteiger partial charge is 0.334 e. The molecule has 3 heteroatoms. The molecule has 1 heterocycles. The maximum atomic E-state index is 11.6. The zero-order valence-electron chi connectivity index (χ0n) is 8.42. The zero-order valence-corrected chi connectivity index (χ0v) is 8.42. The first-order valence-electron chi connectivity index (χ1n) is 4.65. The van der Waals surface area contributed by atoms with E-state index in [1.54, 1.807) is 6.08 Å². The Morgan fingerprint density at radius 2 is 2.38 bits per heavy atom. The van der Waals surface area contributed by atoms with Crippen molar-refractivity contribution in [3.63, 3.8) is 0 Å². The Balaban J connectivity index is 2.83. The zero-order chi connectivity index (χ0) is 10.1. The number of carbonyl (C=O) groups excluding carboxylic acids is 1. The summed E-state index contributed by atoms with van der Waals surface area (Å²) in [6.45, 7) is 8.99. The quantitative estimate of drug-likeness (QED) is 0.655. The molecule has 1 fully saturated rings. The summed E-state index contributed by atoms with van der Waals surface area (Å²) in [5, 5.41) is 0. The van der Waals surface area contributed by atoms with Crippen LogP contribution in [0.25, 0.3) is 0 Å². The molecule has 0 aromatic rings. The molecule has 0 aromatic carbocycles. The van der Waals surface area contributed by atoms with E-state index in [4.69, 9.17) is 5.73 Å². The van der Waals surface area contributed by atoms with Crippen LogP contribution in [0.3, 0.4) is 0 Å². The molecule has 1 rings (SSSR count). The summed E-state index contributed by atoms with van der Waals surface area (Å²) in [6.07, 6.45) is 2.34. The van der Waals surface area contributed by atoms with Crippen LogP contribution < -0.4 is 5.73 Å². The molecule has 1 aliphatic heterocycles. The molecular weight excluding hydrogens is 164 g/mol. The van der Waals surface area contributed by atoms with Crippen LogP contribution >= 0.6 is 0 Å². The summed E-state index contributed by atoms with van der Waals surface area (Å²) >= 11 is 0. The van der Waals surface area contributed by atoms with Crippen LogP contribution in [-0.4, -0.2) is 29.4 Å². The van der Waals surface area contributed by atoms with Crippen molar-refractivity contribution in [1.29, 1.82) is 0 Å².